The molecule has 0 saturated heterocycles. The molecule has 0 aliphatic carbocycles. The zero-order valence-corrected chi connectivity index (χ0v) is 11.5. The van der Waals surface area contributed by atoms with Crippen molar-refractivity contribution in [2.75, 3.05) is 0 Å². The minimum atomic E-state index is -0.971. The van der Waals surface area contributed by atoms with Gasteiger partial charge in [0.15, 0.2) is 0 Å². The van der Waals surface area contributed by atoms with Gasteiger partial charge < -0.3 is 10.2 Å². The number of carboxylic acid groups (broad SMARTS) is 1. The molecule has 0 bridgehead atoms. The first-order chi connectivity index (χ1) is 10.0. The van der Waals surface area contributed by atoms with E-state index in [2.05, 4.69) is 4.98 Å². The smallest absolute Gasteiger partial charge is 0.335 e. The van der Waals surface area contributed by atoms with Crippen molar-refractivity contribution in [3.05, 3.63) is 59.1 Å². The van der Waals surface area contributed by atoms with E-state index in [0.717, 1.165) is 5.56 Å². The van der Waals surface area contributed by atoms with E-state index in [1.165, 1.54) is 12.1 Å². The van der Waals surface area contributed by atoms with E-state index in [1.54, 1.807) is 36.4 Å². The highest BCUT2D eigenvalue weighted by Gasteiger charge is 2.08. The molecule has 0 atom stereocenters. The van der Waals surface area contributed by atoms with Gasteiger partial charge in [-0.25, -0.2) is 9.78 Å². The van der Waals surface area contributed by atoms with Crippen LogP contribution in [0.15, 0.2) is 48.5 Å². The first-order valence-corrected chi connectivity index (χ1v) is 6.55. The molecular weight excluding hydrogens is 290 g/mol. The van der Waals surface area contributed by atoms with Crippen LogP contribution in [0.2, 0.25) is 5.02 Å². The first kappa shape index (κ1) is 13.4. The predicted molar refractivity (Wildman–Crippen MR) is 80.8 cm³/mol. The van der Waals surface area contributed by atoms with Crippen LogP contribution in [-0.4, -0.2) is 21.2 Å². The fourth-order valence-corrected chi connectivity index (χ4v) is 2.36. The number of aromatic hydroxyl groups is 1. The van der Waals surface area contributed by atoms with Gasteiger partial charge in [-0.3, -0.25) is 0 Å². The van der Waals surface area contributed by atoms with Crippen molar-refractivity contribution >= 4 is 28.5 Å². The van der Waals surface area contributed by atoms with Crippen molar-refractivity contribution in [3.8, 4) is 17.0 Å². The lowest BCUT2D eigenvalue weighted by molar-refractivity contribution is 0.0697. The summed E-state index contributed by atoms with van der Waals surface area (Å²) in [5.41, 5.74) is 2.31. The van der Waals surface area contributed by atoms with Crippen molar-refractivity contribution in [3.63, 3.8) is 0 Å². The van der Waals surface area contributed by atoms with Crippen LogP contribution in [0.5, 0.6) is 5.75 Å². The zero-order valence-electron chi connectivity index (χ0n) is 10.7. The number of rotatable bonds is 2. The Morgan fingerprint density at radius 1 is 1.05 bits per heavy atom. The number of hydrogen-bond donors (Lipinski definition) is 2. The molecular formula is C16H10ClNO3. The summed E-state index contributed by atoms with van der Waals surface area (Å²) in [7, 11) is 0. The molecule has 0 aliphatic rings. The van der Waals surface area contributed by atoms with Crippen LogP contribution in [-0.2, 0) is 0 Å². The zero-order chi connectivity index (χ0) is 15.0. The summed E-state index contributed by atoms with van der Waals surface area (Å²) in [4.78, 5) is 15.3. The molecule has 2 N–H and O–H groups in total. The Kier molecular flexibility index (Phi) is 3.23. The van der Waals surface area contributed by atoms with Crippen LogP contribution in [0, 0.1) is 0 Å². The number of carbonyl (C=O) groups is 1. The summed E-state index contributed by atoms with van der Waals surface area (Å²) >= 11 is 6.22. The molecule has 0 spiro atoms. The lowest BCUT2D eigenvalue weighted by atomic mass is 10.1. The first-order valence-electron chi connectivity index (χ1n) is 6.17. The van der Waals surface area contributed by atoms with Gasteiger partial charge in [-0.2, -0.15) is 0 Å². The number of carboxylic acids is 1. The number of hydrogen-bond acceptors (Lipinski definition) is 3. The quantitative estimate of drug-likeness (QED) is 0.751. The van der Waals surface area contributed by atoms with E-state index in [0.29, 0.717) is 21.6 Å². The third-order valence-corrected chi connectivity index (χ3v) is 3.48. The van der Waals surface area contributed by atoms with Gasteiger partial charge in [-0.15, -0.1) is 0 Å². The molecule has 3 aromatic rings. The molecule has 3 rings (SSSR count). The summed E-state index contributed by atoms with van der Waals surface area (Å²) in [6, 6.07) is 12.9. The van der Waals surface area contributed by atoms with Crippen molar-refractivity contribution in [1.82, 2.24) is 4.98 Å². The minimum absolute atomic E-state index is 0.129. The molecule has 21 heavy (non-hydrogen) atoms. The van der Waals surface area contributed by atoms with Gasteiger partial charge in [0.25, 0.3) is 0 Å². The number of aromatic carboxylic acids is 1. The SMILES string of the molecule is O=C(O)c1ccc(-c2cc(Cl)c3cc(O)ccc3n2)cc1. The normalized spacial score (nSPS) is 10.7. The van der Waals surface area contributed by atoms with Crippen LogP contribution in [0.25, 0.3) is 22.2 Å². The van der Waals surface area contributed by atoms with Crippen LogP contribution >= 0.6 is 11.6 Å². The maximum Gasteiger partial charge on any atom is 0.335 e. The van der Waals surface area contributed by atoms with Crippen LogP contribution in [0.4, 0.5) is 0 Å². The number of fused-ring (bicyclic) bond motifs is 1. The van der Waals surface area contributed by atoms with Crippen molar-refractivity contribution < 1.29 is 15.0 Å². The molecule has 0 radical (unpaired) electrons. The molecule has 0 aliphatic heterocycles. The number of aromatic nitrogens is 1. The molecule has 4 nitrogen and oxygen atoms in total. The molecule has 0 saturated carbocycles. The van der Waals surface area contributed by atoms with Crippen LogP contribution in [0.1, 0.15) is 10.4 Å². The van der Waals surface area contributed by atoms with E-state index < -0.39 is 5.97 Å². The number of nitrogens with zero attached hydrogens (tertiary/aromatic N) is 1. The third-order valence-electron chi connectivity index (χ3n) is 3.17. The van der Waals surface area contributed by atoms with Gasteiger partial charge in [-0.1, -0.05) is 23.7 Å². The Hall–Kier alpha value is -2.59. The Balaban J connectivity index is 2.12. The van der Waals surface area contributed by atoms with Gasteiger partial charge in [0.2, 0.25) is 0 Å². The van der Waals surface area contributed by atoms with E-state index in [9.17, 15) is 9.90 Å². The van der Waals surface area contributed by atoms with E-state index in [-0.39, 0.29) is 11.3 Å². The largest absolute Gasteiger partial charge is 0.508 e. The summed E-state index contributed by atoms with van der Waals surface area (Å²) < 4.78 is 0. The van der Waals surface area contributed by atoms with Gasteiger partial charge in [0.1, 0.15) is 5.75 Å². The highest BCUT2D eigenvalue weighted by atomic mass is 35.5. The van der Waals surface area contributed by atoms with E-state index in [4.69, 9.17) is 16.7 Å². The minimum Gasteiger partial charge on any atom is -0.508 e. The molecule has 0 fully saturated rings. The second-order valence-corrected chi connectivity index (χ2v) is 4.98. The Bertz CT molecular complexity index is 844. The average molecular weight is 300 g/mol. The molecule has 0 amide bonds. The van der Waals surface area contributed by atoms with Gasteiger partial charge in [0.05, 0.1) is 21.8 Å². The van der Waals surface area contributed by atoms with Gasteiger partial charge >= 0.3 is 5.97 Å². The lowest BCUT2D eigenvalue weighted by Crippen LogP contribution is -1.95. The van der Waals surface area contributed by atoms with E-state index >= 15 is 0 Å². The second kappa shape index (κ2) is 5.07. The van der Waals surface area contributed by atoms with Crippen molar-refractivity contribution in [2.24, 2.45) is 0 Å². The highest BCUT2D eigenvalue weighted by Crippen LogP contribution is 2.30. The maximum atomic E-state index is 10.8. The molecule has 2 aromatic carbocycles. The third kappa shape index (κ3) is 2.53. The highest BCUT2D eigenvalue weighted by molar-refractivity contribution is 6.35. The summed E-state index contributed by atoms with van der Waals surface area (Å²) in [6.07, 6.45) is 0. The lowest BCUT2D eigenvalue weighted by Gasteiger charge is -2.06. The summed E-state index contributed by atoms with van der Waals surface area (Å²) in [5.74, 6) is -0.841. The topological polar surface area (TPSA) is 70.4 Å². The van der Waals surface area contributed by atoms with Gasteiger partial charge in [-0.05, 0) is 36.4 Å². The Labute approximate surface area is 125 Å². The number of halogens is 1. The maximum absolute atomic E-state index is 10.8. The molecule has 5 heteroatoms. The number of phenols is 1. The van der Waals surface area contributed by atoms with Crippen LogP contribution < -0.4 is 0 Å². The van der Waals surface area contributed by atoms with Gasteiger partial charge in [0, 0.05) is 10.9 Å². The Morgan fingerprint density at radius 2 is 1.76 bits per heavy atom. The summed E-state index contributed by atoms with van der Waals surface area (Å²) in [5, 5.41) is 19.5. The van der Waals surface area contributed by atoms with Crippen molar-refractivity contribution in [1.29, 1.82) is 0 Å². The van der Waals surface area contributed by atoms with Crippen molar-refractivity contribution in [2.45, 2.75) is 0 Å². The molecule has 104 valence electrons. The standard InChI is InChI=1S/C16H10ClNO3/c17-13-8-15(9-1-3-10(4-2-9)16(20)21)18-14-6-5-11(19)7-12(13)14/h1-8,19H,(H,20,21). The number of pyridine rings is 1. The van der Waals surface area contributed by atoms with E-state index in [1.807, 2.05) is 0 Å². The number of benzene rings is 2. The fourth-order valence-electron chi connectivity index (χ4n) is 2.10. The monoisotopic (exact) mass is 299 g/mol. The predicted octanol–water partition coefficient (Wildman–Crippen LogP) is 3.96. The average Bonchev–Trinajstić information content (AvgIpc) is 2.48. The molecule has 1 aromatic heterocycles. The second-order valence-electron chi connectivity index (χ2n) is 4.57. The summed E-state index contributed by atoms with van der Waals surface area (Å²) in [6.45, 7) is 0. The Morgan fingerprint density at radius 3 is 2.43 bits per heavy atom. The molecule has 1 heterocycles. The number of phenolic OH excluding ortho intramolecular Hbond substituents is 1. The molecule has 0 unspecified atom stereocenters. The fraction of sp³-hybridized carbons (Fsp3) is 0. The van der Waals surface area contributed by atoms with Crippen LogP contribution in [0.3, 0.4) is 0 Å².